The molecule has 1 unspecified atom stereocenters. The summed E-state index contributed by atoms with van der Waals surface area (Å²) >= 11 is 0. The third-order valence-corrected chi connectivity index (χ3v) is 4.71. The number of carbonyl (C=O) groups excluding carboxylic acids is 2. The molecule has 6 nitrogen and oxygen atoms in total. The number of anilines is 2. The molecule has 0 saturated heterocycles. The molecule has 2 aromatic rings. The maximum atomic E-state index is 12.9. The molecular weight excluding hydrogens is 316 g/mol. The summed E-state index contributed by atoms with van der Waals surface area (Å²) in [5, 5.41) is 7.36. The summed E-state index contributed by atoms with van der Waals surface area (Å²) in [7, 11) is 0. The molecule has 2 heterocycles. The Balaban J connectivity index is 1.87. The van der Waals surface area contributed by atoms with Crippen LogP contribution in [0, 0.1) is 20.8 Å². The molecule has 3 rings (SSSR count). The van der Waals surface area contributed by atoms with Crippen LogP contribution in [0.2, 0.25) is 0 Å². The number of hydrogen-bond acceptors (Lipinski definition) is 3. The summed E-state index contributed by atoms with van der Waals surface area (Å²) in [4.78, 5) is 27.0. The molecule has 1 aliphatic heterocycles. The minimum absolute atomic E-state index is 0.0329. The molecule has 0 fully saturated rings. The molecule has 1 N–H and O–H groups in total. The Morgan fingerprint density at radius 2 is 2.00 bits per heavy atom. The van der Waals surface area contributed by atoms with Crippen molar-refractivity contribution in [3.8, 4) is 0 Å². The van der Waals surface area contributed by atoms with Crippen LogP contribution in [0.4, 0.5) is 11.5 Å². The van der Waals surface area contributed by atoms with Crippen molar-refractivity contribution in [2.24, 2.45) is 0 Å². The number of hydrogen-bond donors (Lipinski definition) is 1. The number of rotatable bonds is 4. The van der Waals surface area contributed by atoms with Crippen molar-refractivity contribution in [3.63, 3.8) is 0 Å². The Morgan fingerprint density at radius 1 is 1.24 bits per heavy atom. The molecule has 132 valence electrons. The monoisotopic (exact) mass is 340 g/mol. The van der Waals surface area contributed by atoms with Crippen LogP contribution in [0.3, 0.4) is 0 Å². The van der Waals surface area contributed by atoms with Gasteiger partial charge in [0.15, 0.2) is 0 Å². The Morgan fingerprint density at radius 3 is 2.68 bits per heavy atom. The van der Waals surface area contributed by atoms with Crippen LogP contribution in [0.15, 0.2) is 24.3 Å². The third kappa shape index (κ3) is 3.29. The minimum Gasteiger partial charge on any atom is -0.324 e. The molecule has 6 heteroatoms. The molecule has 0 bridgehead atoms. The number of amides is 2. The largest absolute Gasteiger partial charge is 0.324 e. The van der Waals surface area contributed by atoms with Crippen molar-refractivity contribution >= 4 is 23.3 Å². The zero-order valence-corrected chi connectivity index (χ0v) is 15.2. The maximum absolute atomic E-state index is 12.9. The molecular formula is C19H24N4O2. The molecule has 1 aromatic heterocycles. The lowest BCUT2D eigenvalue weighted by Gasteiger charge is -2.33. The van der Waals surface area contributed by atoms with E-state index in [0.29, 0.717) is 25.2 Å². The van der Waals surface area contributed by atoms with Gasteiger partial charge in [0, 0.05) is 18.2 Å². The van der Waals surface area contributed by atoms with Crippen molar-refractivity contribution in [2.75, 3.05) is 10.2 Å². The number of nitrogens with one attached hydrogen (secondary N) is 1. The fourth-order valence-corrected chi connectivity index (χ4v) is 3.20. The first-order valence-electron chi connectivity index (χ1n) is 8.65. The zero-order valence-electron chi connectivity index (χ0n) is 15.2. The maximum Gasteiger partial charge on any atom is 0.247 e. The van der Waals surface area contributed by atoms with E-state index < -0.39 is 6.04 Å². The van der Waals surface area contributed by atoms with Gasteiger partial charge in [-0.15, -0.1) is 0 Å². The van der Waals surface area contributed by atoms with E-state index in [0.717, 1.165) is 16.9 Å². The highest BCUT2D eigenvalue weighted by atomic mass is 16.2. The van der Waals surface area contributed by atoms with E-state index in [1.165, 1.54) is 5.56 Å². The topological polar surface area (TPSA) is 67.2 Å². The summed E-state index contributed by atoms with van der Waals surface area (Å²) in [5.41, 5.74) is 3.89. The average Bonchev–Trinajstić information content (AvgIpc) is 2.94. The number of aryl methyl sites for hydroxylation is 4. The number of benzene rings is 1. The van der Waals surface area contributed by atoms with Gasteiger partial charge in [0.25, 0.3) is 0 Å². The molecule has 1 aromatic carbocycles. The Hall–Kier alpha value is -2.63. The molecule has 0 saturated carbocycles. The van der Waals surface area contributed by atoms with Crippen LogP contribution in [0.25, 0.3) is 0 Å². The number of nitrogens with zero attached hydrogens (tertiary/aromatic N) is 3. The van der Waals surface area contributed by atoms with Crippen molar-refractivity contribution in [3.05, 3.63) is 41.1 Å². The number of fused-ring (bicyclic) bond motifs is 1. The first-order chi connectivity index (χ1) is 11.9. The third-order valence-electron chi connectivity index (χ3n) is 4.71. The van der Waals surface area contributed by atoms with Gasteiger partial charge in [-0.25, -0.2) is 4.68 Å². The van der Waals surface area contributed by atoms with Crippen LogP contribution in [-0.2, 0) is 16.1 Å². The van der Waals surface area contributed by atoms with Crippen molar-refractivity contribution in [1.29, 1.82) is 0 Å². The van der Waals surface area contributed by atoms with E-state index >= 15 is 0 Å². The van der Waals surface area contributed by atoms with E-state index in [2.05, 4.69) is 10.4 Å². The van der Waals surface area contributed by atoms with Gasteiger partial charge in [0.05, 0.1) is 12.2 Å². The van der Waals surface area contributed by atoms with Gasteiger partial charge in [-0.2, -0.15) is 5.10 Å². The van der Waals surface area contributed by atoms with E-state index in [-0.39, 0.29) is 11.8 Å². The zero-order chi connectivity index (χ0) is 18.1. The highest BCUT2D eigenvalue weighted by molar-refractivity contribution is 6.05. The van der Waals surface area contributed by atoms with Gasteiger partial charge in [-0.1, -0.05) is 13.0 Å². The second-order valence-corrected chi connectivity index (χ2v) is 6.59. The van der Waals surface area contributed by atoms with Gasteiger partial charge in [-0.05, 0) is 50.5 Å². The molecule has 1 atom stereocenters. The van der Waals surface area contributed by atoms with E-state index in [9.17, 15) is 9.59 Å². The quantitative estimate of drug-likeness (QED) is 0.930. The molecule has 1 aliphatic rings. The second kappa shape index (κ2) is 6.70. The predicted octanol–water partition coefficient (Wildman–Crippen LogP) is 2.96. The van der Waals surface area contributed by atoms with Crippen LogP contribution >= 0.6 is 0 Å². The van der Waals surface area contributed by atoms with Gasteiger partial charge < -0.3 is 5.32 Å². The Labute approximate surface area is 147 Å². The molecule has 2 amide bonds. The average molecular weight is 340 g/mol. The molecule has 0 aliphatic carbocycles. The first kappa shape index (κ1) is 17.2. The van der Waals surface area contributed by atoms with Gasteiger partial charge >= 0.3 is 0 Å². The van der Waals surface area contributed by atoms with Gasteiger partial charge in [0.1, 0.15) is 11.9 Å². The van der Waals surface area contributed by atoms with E-state index in [1.807, 2.05) is 56.6 Å². The SMILES string of the molecule is CCC(C(=O)Nc1ccc(C)c(C)c1)N1C(=O)CCn2nc(C)cc21. The fourth-order valence-electron chi connectivity index (χ4n) is 3.20. The first-order valence-corrected chi connectivity index (χ1v) is 8.65. The summed E-state index contributed by atoms with van der Waals surface area (Å²) in [6, 6.07) is 7.13. The molecule has 0 spiro atoms. The highest BCUT2D eigenvalue weighted by Gasteiger charge is 2.34. The lowest BCUT2D eigenvalue weighted by atomic mass is 10.1. The lowest BCUT2D eigenvalue weighted by molar-refractivity contribution is -0.124. The summed E-state index contributed by atoms with van der Waals surface area (Å²) in [6.45, 7) is 8.42. The van der Waals surface area contributed by atoms with Crippen LogP contribution < -0.4 is 10.2 Å². The lowest BCUT2D eigenvalue weighted by Crippen LogP contribution is -2.50. The van der Waals surface area contributed by atoms with Crippen molar-refractivity contribution in [1.82, 2.24) is 9.78 Å². The Bertz CT molecular complexity index is 825. The van der Waals surface area contributed by atoms with E-state index in [4.69, 9.17) is 0 Å². The highest BCUT2D eigenvalue weighted by Crippen LogP contribution is 2.26. The van der Waals surface area contributed by atoms with Crippen molar-refractivity contribution < 1.29 is 9.59 Å². The predicted molar refractivity (Wildman–Crippen MR) is 97.7 cm³/mol. The van der Waals surface area contributed by atoms with E-state index in [1.54, 1.807) is 4.90 Å². The summed E-state index contributed by atoms with van der Waals surface area (Å²) in [6.07, 6.45) is 0.897. The van der Waals surface area contributed by atoms with Crippen LogP contribution in [0.5, 0.6) is 0 Å². The number of aromatic nitrogens is 2. The smallest absolute Gasteiger partial charge is 0.247 e. The van der Waals surface area contributed by atoms with Crippen LogP contribution in [-0.4, -0.2) is 27.6 Å². The molecule has 0 radical (unpaired) electrons. The Kier molecular flexibility index (Phi) is 4.61. The standard InChI is InChI=1S/C19H24N4O2/c1-5-16(19(25)20-15-7-6-12(2)13(3)10-15)23-17-11-14(4)21-22(17)9-8-18(23)24/h6-7,10-11,16H,5,8-9H2,1-4H3,(H,20,25). The fraction of sp³-hybridized carbons (Fsp3) is 0.421. The second-order valence-electron chi connectivity index (χ2n) is 6.59. The van der Waals surface area contributed by atoms with Gasteiger partial charge in [-0.3, -0.25) is 14.5 Å². The summed E-state index contributed by atoms with van der Waals surface area (Å²) < 4.78 is 1.81. The summed E-state index contributed by atoms with van der Waals surface area (Å²) in [5.74, 6) is 0.497. The van der Waals surface area contributed by atoms with Crippen molar-refractivity contribution in [2.45, 2.75) is 53.1 Å². The normalized spacial score (nSPS) is 15.0. The molecule has 25 heavy (non-hydrogen) atoms. The van der Waals surface area contributed by atoms with Crippen LogP contribution in [0.1, 0.15) is 36.6 Å². The van der Waals surface area contributed by atoms with Gasteiger partial charge in [0.2, 0.25) is 11.8 Å². The number of carbonyl (C=O) groups is 2. The minimum atomic E-state index is -0.552.